The van der Waals surface area contributed by atoms with Crippen molar-refractivity contribution in [1.29, 1.82) is 0 Å². The van der Waals surface area contributed by atoms with Crippen molar-refractivity contribution in [2.24, 2.45) is 0 Å². The molecule has 2 aromatic heterocycles. The second-order valence-corrected chi connectivity index (χ2v) is 3.15. The van der Waals surface area contributed by atoms with Crippen LogP contribution >= 0.6 is 0 Å². The van der Waals surface area contributed by atoms with Crippen LogP contribution in [0.4, 0.5) is 5.82 Å². The molecule has 5 nitrogen and oxygen atoms in total. The minimum Gasteiger partial charge on any atom is -0.491 e. The van der Waals surface area contributed by atoms with Gasteiger partial charge in [0, 0.05) is 12.1 Å². The largest absolute Gasteiger partial charge is 0.491 e. The summed E-state index contributed by atoms with van der Waals surface area (Å²) in [6, 6.07) is 1.83. The lowest BCUT2D eigenvalue weighted by Gasteiger charge is -2.10. The normalized spacial score (nSPS) is 10.1. The highest BCUT2D eigenvalue weighted by atomic mass is 16.5. The van der Waals surface area contributed by atoms with Crippen LogP contribution in [0.1, 0.15) is 6.92 Å². The molecule has 0 aliphatic heterocycles. The van der Waals surface area contributed by atoms with Crippen LogP contribution in [0.3, 0.4) is 0 Å². The van der Waals surface area contributed by atoms with Crippen molar-refractivity contribution in [2.75, 3.05) is 19.0 Å². The number of nitrogens with zero attached hydrogens (tertiary/aromatic N) is 2. The first-order valence-corrected chi connectivity index (χ1v) is 5.02. The standard InChI is InChI=1S/C11H13N3O2/c1-3-12-11-10(15-2)9(13-7-14-11)8-4-5-16-6-8/h4-7H,3H2,1-2H3,(H,12,13,14). The number of anilines is 1. The third-order valence-electron chi connectivity index (χ3n) is 2.15. The molecule has 0 radical (unpaired) electrons. The van der Waals surface area contributed by atoms with Gasteiger partial charge >= 0.3 is 0 Å². The number of aromatic nitrogens is 2. The molecule has 2 heterocycles. The Morgan fingerprint density at radius 1 is 1.44 bits per heavy atom. The first-order chi connectivity index (χ1) is 7.86. The average Bonchev–Trinajstić information content (AvgIpc) is 2.82. The molecule has 2 aromatic rings. The second kappa shape index (κ2) is 4.65. The summed E-state index contributed by atoms with van der Waals surface area (Å²) in [4.78, 5) is 8.33. The minimum absolute atomic E-state index is 0.630. The van der Waals surface area contributed by atoms with Gasteiger partial charge in [-0.2, -0.15) is 0 Å². The van der Waals surface area contributed by atoms with Gasteiger partial charge in [0.15, 0.2) is 11.6 Å². The number of hydrogen-bond donors (Lipinski definition) is 1. The molecule has 0 atom stereocenters. The highest BCUT2D eigenvalue weighted by molar-refractivity contribution is 5.71. The third kappa shape index (κ3) is 1.84. The van der Waals surface area contributed by atoms with Gasteiger partial charge in [0.2, 0.25) is 0 Å². The molecule has 0 aliphatic carbocycles. The van der Waals surface area contributed by atoms with Crippen LogP contribution < -0.4 is 10.1 Å². The molecule has 84 valence electrons. The fourth-order valence-corrected chi connectivity index (χ4v) is 1.47. The van der Waals surface area contributed by atoms with E-state index in [1.54, 1.807) is 19.6 Å². The first kappa shape index (κ1) is 10.5. The highest BCUT2D eigenvalue weighted by Gasteiger charge is 2.13. The quantitative estimate of drug-likeness (QED) is 0.853. The third-order valence-corrected chi connectivity index (χ3v) is 2.15. The number of hydrogen-bond acceptors (Lipinski definition) is 5. The van der Waals surface area contributed by atoms with E-state index in [0.717, 1.165) is 17.8 Å². The van der Waals surface area contributed by atoms with Gasteiger partial charge in [-0.15, -0.1) is 0 Å². The monoisotopic (exact) mass is 219 g/mol. The zero-order chi connectivity index (χ0) is 11.4. The van der Waals surface area contributed by atoms with Crippen LogP contribution in [0.15, 0.2) is 29.3 Å². The topological polar surface area (TPSA) is 60.2 Å². The van der Waals surface area contributed by atoms with Gasteiger partial charge in [-0.3, -0.25) is 0 Å². The Kier molecular flexibility index (Phi) is 3.05. The fourth-order valence-electron chi connectivity index (χ4n) is 1.47. The highest BCUT2D eigenvalue weighted by Crippen LogP contribution is 2.32. The van der Waals surface area contributed by atoms with E-state index in [9.17, 15) is 0 Å². The van der Waals surface area contributed by atoms with Gasteiger partial charge in [0.1, 0.15) is 12.0 Å². The summed E-state index contributed by atoms with van der Waals surface area (Å²) in [5, 5.41) is 3.12. The predicted octanol–water partition coefficient (Wildman–Crippen LogP) is 2.18. The lowest BCUT2D eigenvalue weighted by atomic mass is 10.2. The first-order valence-electron chi connectivity index (χ1n) is 5.02. The number of methoxy groups -OCH3 is 1. The minimum atomic E-state index is 0.630. The van der Waals surface area contributed by atoms with Gasteiger partial charge in [0.05, 0.1) is 19.6 Å². The van der Waals surface area contributed by atoms with Crippen molar-refractivity contribution in [3.05, 3.63) is 24.9 Å². The lowest BCUT2D eigenvalue weighted by molar-refractivity contribution is 0.414. The van der Waals surface area contributed by atoms with E-state index in [-0.39, 0.29) is 0 Å². The Morgan fingerprint density at radius 2 is 2.31 bits per heavy atom. The SMILES string of the molecule is CCNc1ncnc(-c2ccoc2)c1OC. The number of furan rings is 1. The summed E-state index contributed by atoms with van der Waals surface area (Å²) < 4.78 is 10.4. The van der Waals surface area contributed by atoms with Gasteiger partial charge in [-0.05, 0) is 13.0 Å². The van der Waals surface area contributed by atoms with Crippen LogP contribution in [-0.2, 0) is 0 Å². The Bertz CT molecular complexity index is 454. The molecule has 1 N–H and O–H groups in total. The van der Waals surface area contributed by atoms with E-state index in [4.69, 9.17) is 9.15 Å². The summed E-state index contributed by atoms with van der Waals surface area (Å²) in [6.07, 6.45) is 4.73. The second-order valence-electron chi connectivity index (χ2n) is 3.15. The Morgan fingerprint density at radius 3 is 2.94 bits per heavy atom. The summed E-state index contributed by atoms with van der Waals surface area (Å²) in [5.74, 6) is 1.32. The molecule has 0 aromatic carbocycles. The zero-order valence-corrected chi connectivity index (χ0v) is 9.23. The molecule has 0 unspecified atom stereocenters. The molecule has 0 saturated carbocycles. The molecule has 0 spiro atoms. The molecular formula is C11H13N3O2. The van der Waals surface area contributed by atoms with E-state index in [0.29, 0.717) is 11.6 Å². The maximum absolute atomic E-state index is 5.32. The van der Waals surface area contributed by atoms with Crippen LogP contribution in [0.2, 0.25) is 0 Å². The van der Waals surface area contributed by atoms with Gasteiger partial charge < -0.3 is 14.5 Å². The molecule has 0 bridgehead atoms. The van der Waals surface area contributed by atoms with Crippen LogP contribution in [0.5, 0.6) is 5.75 Å². The predicted molar refractivity (Wildman–Crippen MR) is 60.4 cm³/mol. The summed E-state index contributed by atoms with van der Waals surface area (Å²) in [6.45, 7) is 2.78. The molecular weight excluding hydrogens is 206 g/mol. The average molecular weight is 219 g/mol. The van der Waals surface area contributed by atoms with E-state index >= 15 is 0 Å². The van der Waals surface area contributed by atoms with Crippen molar-refractivity contribution < 1.29 is 9.15 Å². The Balaban J connectivity index is 2.49. The van der Waals surface area contributed by atoms with Crippen molar-refractivity contribution in [3.8, 4) is 17.0 Å². The molecule has 16 heavy (non-hydrogen) atoms. The molecule has 0 saturated heterocycles. The van der Waals surface area contributed by atoms with Gasteiger partial charge in [-0.25, -0.2) is 9.97 Å². The fraction of sp³-hybridized carbons (Fsp3) is 0.273. The Labute approximate surface area is 93.5 Å². The van der Waals surface area contributed by atoms with E-state index in [1.807, 2.05) is 13.0 Å². The molecule has 0 amide bonds. The summed E-state index contributed by atoms with van der Waals surface area (Å²) >= 11 is 0. The van der Waals surface area contributed by atoms with Crippen LogP contribution in [0, 0.1) is 0 Å². The number of nitrogens with one attached hydrogen (secondary N) is 1. The maximum Gasteiger partial charge on any atom is 0.187 e. The smallest absolute Gasteiger partial charge is 0.187 e. The molecule has 2 rings (SSSR count). The number of rotatable bonds is 4. The van der Waals surface area contributed by atoms with Crippen LogP contribution in [0.25, 0.3) is 11.3 Å². The van der Waals surface area contributed by atoms with E-state index < -0.39 is 0 Å². The zero-order valence-electron chi connectivity index (χ0n) is 9.23. The van der Waals surface area contributed by atoms with Gasteiger partial charge in [-0.1, -0.05) is 0 Å². The summed E-state index contributed by atoms with van der Waals surface area (Å²) in [5.41, 5.74) is 1.60. The van der Waals surface area contributed by atoms with E-state index in [2.05, 4.69) is 15.3 Å². The van der Waals surface area contributed by atoms with Crippen molar-refractivity contribution >= 4 is 5.82 Å². The van der Waals surface area contributed by atoms with Crippen molar-refractivity contribution in [3.63, 3.8) is 0 Å². The van der Waals surface area contributed by atoms with Crippen LogP contribution in [-0.4, -0.2) is 23.6 Å². The van der Waals surface area contributed by atoms with E-state index in [1.165, 1.54) is 6.33 Å². The number of ether oxygens (including phenoxy) is 1. The maximum atomic E-state index is 5.32. The van der Waals surface area contributed by atoms with Gasteiger partial charge in [0.25, 0.3) is 0 Å². The van der Waals surface area contributed by atoms with Crippen molar-refractivity contribution in [1.82, 2.24) is 9.97 Å². The summed E-state index contributed by atoms with van der Waals surface area (Å²) in [7, 11) is 1.60. The molecule has 0 aliphatic rings. The lowest BCUT2D eigenvalue weighted by Crippen LogP contribution is -2.04. The molecule has 5 heteroatoms. The molecule has 0 fully saturated rings. The Hall–Kier alpha value is -2.04. The van der Waals surface area contributed by atoms with Crippen molar-refractivity contribution in [2.45, 2.75) is 6.92 Å².